The van der Waals surface area contributed by atoms with Crippen molar-refractivity contribution in [3.05, 3.63) is 40.3 Å². The minimum atomic E-state index is 0.582. The molecule has 2 aromatic rings. The summed E-state index contributed by atoms with van der Waals surface area (Å²) in [6, 6.07) is 9.23. The molecule has 0 atom stereocenters. The number of hydrogen-bond donors (Lipinski definition) is 0. The Morgan fingerprint density at radius 1 is 1.35 bits per heavy atom. The van der Waals surface area contributed by atoms with Crippen LogP contribution < -0.4 is 5.59 Å². The molecule has 17 heavy (non-hydrogen) atoms. The van der Waals surface area contributed by atoms with Gasteiger partial charge in [0.05, 0.1) is 17.3 Å². The van der Waals surface area contributed by atoms with E-state index in [1.807, 2.05) is 12.1 Å². The number of benzene rings is 1. The Hall–Kier alpha value is -1.06. The third kappa shape index (κ3) is 2.31. The summed E-state index contributed by atoms with van der Waals surface area (Å²) < 4.78 is 2.44. The van der Waals surface area contributed by atoms with Gasteiger partial charge in [-0.1, -0.05) is 15.9 Å². The summed E-state index contributed by atoms with van der Waals surface area (Å²) in [5.41, 5.74) is 2.84. The lowest BCUT2D eigenvalue weighted by molar-refractivity contribution is 1.03. The van der Waals surface area contributed by atoms with Crippen molar-refractivity contribution >= 4 is 45.3 Å². The molecule has 0 saturated heterocycles. The van der Waals surface area contributed by atoms with Crippen LogP contribution in [0.5, 0.6) is 0 Å². The zero-order valence-corrected chi connectivity index (χ0v) is 11.9. The summed E-state index contributed by atoms with van der Waals surface area (Å²) in [4.78, 5) is 4.29. The van der Waals surface area contributed by atoms with E-state index < -0.39 is 0 Å². The summed E-state index contributed by atoms with van der Waals surface area (Å²) in [7, 11) is 5.99. The molecule has 0 aliphatic heterocycles. The molecule has 0 fully saturated rings. The van der Waals surface area contributed by atoms with Gasteiger partial charge in [-0.2, -0.15) is 5.26 Å². The number of hydrogen-bond acceptors (Lipinski definition) is 2. The molecule has 0 bridgehead atoms. The van der Waals surface area contributed by atoms with Gasteiger partial charge in [-0.3, -0.25) is 0 Å². The van der Waals surface area contributed by atoms with Crippen LogP contribution in [-0.2, 0) is 5.33 Å². The van der Waals surface area contributed by atoms with E-state index in [0.717, 1.165) is 11.4 Å². The first-order valence-corrected chi connectivity index (χ1v) is 6.68. The number of nitriles is 1. The lowest BCUT2D eigenvalue weighted by Crippen LogP contribution is -2.18. The predicted molar refractivity (Wildman–Crippen MR) is 74.0 cm³/mol. The molecule has 2 radical (unpaired) electrons. The second kappa shape index (κ2) is 5.07. The fraction of sp³-hybridized carbons (Fsp3) is 0.0909. The molecule has 6 heteroatoms. The van der Waals surface area contributed by atoms with Gasteiger partial charge in [0.25, 0.3) is 0 Å². The number of halogens is 2. The Labute approximate surface area is 117 Å². The van der Waals surface area contributed by atoms with E-state index in [2.05, 4.69) is 42.9 Å². The molecule has 0 aliphatic carbocycles. The van der Waals surface area contributed by atoms with Crippen LogP contribution in [0.3, 0.4) is 0 Å². The summed E-state index contributed by atoms with van der Waals surface area (Å²) in [5, 5.41) is 9.34. The van der Waals surface area contributed by atoms with E-state index in [4.69, 9.17) is 13.1 Å². The Kier molecular flexibility index (Phi) is 3.70. The Morgan fingerprint density at radius 2 is 2.00 bits per heavy atom. The highest BCUT2D eigenvalue weighted by atomic mass is 79.9. The average molecular weight is 351 g/mol. The van der Waals surface area contributed by atoms with E-state index in [-0.39, 0.29) is 0 Å². The molecule has 2 rings (SSSR count). The summed E-state index contributed by atoms with van der Waals surface area (Å²) >= 11 is 6.70. The number of imidazole rings is 1. The fourth-order valence-corrected chi connectivity index (χ4v) is 2.50. The maximum Gasteiger partial charge on any atom is 0.181 e. The van der Waals surface area contributed by atoms with Crippen LogP contribution in [0.4, 0.5) is 0 Å². The minimum absolute atomic E-state index is 0.582. The smallest absolute Gasteiger partial charge is 0.181 e. The van der Waals surface area contributed by atoms with Crippen LogP contribution in [-0.4, -0.2) is 17.4 Å². The van der Waals surface area contributed by atoms with Crippen molar-refractivity contribution < 1.29 is 0 Å². The summed E-state index contributed by atoms with van der Waals surface area (Å²) in [5.74, 6) is 0. The molecule has 82 valence electrons. The zero-order chi connectivity index (χ0) is 12.4. The lowest BCUT2D eigenvalue weighted by atomic mass is 10.0. The second-order valence-electron chi connectivity index (χ2n) is 3.34. The maximum atomic E-state index is 8.74. The van der Waals surface area contributed by atoms with Gasteiger partial charge in [0.1, 0.15) is 7.85 Å². The van der Waals surface area contributed by atoms with Crippen LogP contribution in [0.25, 0.3) is 5.69 Å². The maximum absolute atomic E-state index is 8.74. The Bertz CT molecular complexity index is 584. The third-order valence-electron chi connectivity index (χ3n) is 2.33. The SMILES string of the molecule is [B]c1c(CBr)nc(Br)n1-c1ccc(C#N)cc1. The quantitative estimate of drug-likeness (QED) is 0.615. The van der Waals surface area contributed by atoms with Gasteiger partial charge >= 0.3 is 0 Å². The van der Waals surface area contributed by atoms with Crippen molar-refractivity contribution in [2.75, 3.05) is 0 Å². The van der Waals surface area contributed by atoms with Crippen molar-refractivity contribution in [3.8, 4) is 11.8 Å². The van der Waals surface area contributed by atoms with Crippen molar-refractivity contribution in [1.29, 1.82) is 5.26 Å². The van der Waals surface area contributed by atoms with E-state index in [1.165, 1.54) is 0 Å². The van der Waals surface area contributed by atoms with E-state index in [1.54, 1.807) is 16.7 Å². The van der Waals surface area contributed by atoms with Gasteiger partial charge in [0, 0.05) is 11.0 Å². The lowest BCUT2D eigenvalue weighted by Gasteiger charge is -2.07. The third-order valence-corrected chi connectivity index (χ3v) is 3.39. The van der Waals surface area contributed by atoms with Crippen LogP contribution in [0, 0.1) is 11.3 Å². The second-order valence-corrected chi connectivity index (χ2v) is 4.61. The molecule has 1 aromatic heterocycles. The number of alkyl halides is 1. The Balaban J connectivity index is 2.53. The monoisotopic (exact) mass is 349 g/mol. The molecule has 0 saturated carbocycles. The first kappa shape index (κ1) is 12.4. The van der Waals surface area contributed by atoms with E-state index in [9.17, 15) is 0 Å². The molecule has 0 aliphatic rings. The fourth-order valence-electron chi connectivity index (χ4n) is 1.48. The molecule has 0 N–H and O–H groups in total. The highest BCUT2D eigenvalue weighted by molar-refractivity contribution is 9.10. The first-order valence-electron chi connectivity index (χ1n) is 4.76. The molecule has 3 nitrogen and oxygen atoms in total. The average Bonchev–Trinajstić information content (AvgIpc) is 2.64. The number of nitrogens with zero attached hydrogens (tertiary/aromatic N) is 3. The van der Waals surface area contributed by atoms with Gasteiger partial charge in [0.15, 0.2) is 4.73 Å². The molecule has 1 aromatic carbocycles. The molecule has 0 amide bonds. The van der Waals surface area contributed by atoms with Crippen molar-refractivity contribution in [1.82, 2.24) is 9.55 Å². The molecular formula is C11H6BBr2N3. The van der Waals surface area contributed by atoms with Crippen molar-refractivity contribution in [2.45, 2.75) is 5.33 Å². The normalized spacial score (nSPS) is 10.2. The topological polar surface area (TPSA) is 41.6 Å². The van der Waals surface area contributed by atoms with Crippen LogP contribution in [0.15, 0.2) is 29.0 Å². The molecular weight excluding hydrogens is 345 g/mol. The van der Waals surface area contributed by atoms with Crippen LogP contribution in [0.2, 0.25) is 0 Å². The van der Waals surface area contributed by atoms with E-state index >= 15 is 0 Å². The number of rotatable bonds is 2. The molecule has 0 spiro atoms. The van der Waals surface area contributed by atoms with Gasteiger partial charge in [0.2, 0.25) is 0 Å². The van der Waals surface area contributed by atoms with Gasteiger partial charge in [-0.15, -0.1) is 0 Å². The predicted octanol–water partition coefficient (Wildman–Crippen LogP) is 2.20. The van der Waals surface area contributed by atoms with Crippen LogP contribution in [0.1, 0.15) is 11.3 Å². The largest absolute Gasteiger partial charge is 0.302 e. The highest BCUT2D eigenvalue weighted by Gasteiger charge is 2.11. The first-order chi connectivity index (χ1) is 8.17. The van der Waals surface area contributed by atoms with E-state index in [0.29, 0.717) is 21.2 Å². The summed E-state index contributed by atoms with van der Waals surface area (Å²) in [6.45, 7) is 0. The Morgan fingerprint density at radius 3 is 2.47 bits per heavy atom. The van der Waals surface area contributed by atoms with Gasteiger partial charge in [-0.05, 0) is 45.8 Å². The number of aromatic nitrogens is 2. The highest BCUT2D eigenvalue weighted by Crippen LogP contribution is 2.17. The molecule has 1 heterocycles. The van der Waals surface area contributed by atoms with Crippen LogP contribution >= 0.6 is 31.9 Å². The van der Waals surface area contributed by atoms with Crippen molar-refractivity contribution in [2.24, 2.45) is 0 Å². The molecule has 0 unspecified atom stereocenters. The zero-order valence-electron chi connectivity index (χ0n) is 8.69. The minimum Gasteiger partial charge on any atom is -0.302 e. The standard InChI is InChI=1S/C11H6BBr2N3/c12-10-9(5-13)16-11(14)17(10)8-3-1-7(6-15)2-4-8/h1-4H,5H2. The van der Waals surface area contributed by atoms with Crippen molar-refractivity contribution in [3.63, 3.8) is 0 Å². The van der Waals surface area contributed by atoms with Gasteiger partial charge < -0.3 is 4.57 Å². The summed E-state index contributed by atoms with van der Waals surface area (Å²) in [6.07, 6.45) is 0. The van der Waals surface area contributed by atoms with Gasteiger partial charge in [-0.25, -0.2) is 4.98 Å².